The van der Waals surface area contributed by atoms with Gasteiger partial charge in [0, 0.05) is 13.1 Å². The van der Waals surface area contributed by atoms with Crippen LogP contribution in [0, 0.1) is 5.95 Å². The molecule has 2 rings (SSSR count). The third kappa shape index (κ3) is 3.71. The van der Waals surface area contributed by atoms with Crippen LogP contribution in [0.5, 0.6) is 0 Å². The fourth-order valence-electron chi connectivity index (χ4n) is 2.34. The summed E-state index contributed by atoms with van der Waals surface area (Å²) >= 11 is 0. The van der Waals surface area contributed by atoms with Gasteiger partial charge >= 0.3 is 0 Å². The number of nitrogens with one attached hydrogen (secondary N) is 1. The van der Waals surface area contributed by atoms with Crippen molar-refractivity contribution in [2.45, 2.75) is 24.6 Å². The Balaban J connectivity index is 2.02. The molecule has 1 unspecified atom stereocenters. The minimum absolute atomic E-state index is 0.403. The van der Waals surface area contributed by atoms with Crippen molar-refractivity contribution in [2.24, 2.45) is 0 Å². The van der Waals surface area contributed by atoms with Crippen LogP contribution in [0.1, 0.15) is 18.5 Å². The van der Waals surface area contributed by atoms with Gasteiger partial charge in [-0.15, -0.1) is 0 Å². The molecule has 0 aromatic carbocycles. The average Bonchev–Trinajstić information content (AvgIpc) is 2.39. The van der Waals surface area contributed by atoms with Crippen molar-refractivity contribution in [1.29, 1.82) is 0 Å². The Kier molecular flexibility index (Phi) is 4.49. The SMILES string of the molecule is CNS(=O)(=O)C1CCCN(Cc2cccc(F)n2)C1. The molecule has 0 aliphatic carbocycles. The van der Waals surface area contributed by atoms with E-state index in [-0.39, 0.29) is 0 Å². The highest BCUT2D eigenvalue weighted by Gasteiger charge is 2.29. The summed E-state index contributed by atoms with van der Waals surface area (Å²) in [5.74, 6) is -0.506. The van der Waals surface area contributed by atoms with Crippen LogP contribution in [-0.4, -0.2) is 43.7 Å². The molecule has 1 atom stereocenters. The van der Waals surface area contributed by atoms with Gasteiger partial charge in [0.1, 0.15) is 0 Å². The number of hydrogen-bond acceptors (Lipinski definition) is 4. The summed E-state index contributed by atoms with van der Waals surface area (Å²) in [5, 5.41) is -0.403. The maximum absolute atomic E-state index is 13.0. The van der Waals surface area contributed by atoms with Crippen molar-refractivity contribution in [3.63, 3.8) is 0 Å². The van der Waals surface area contributed by atoms with E-state index in [2.05, 4.69) is 9.71 Å². The Morgan fingerprint density at radius 2 is 2.32 bits per heavy atom. The van der Waals surface area contributed by atoms with Gasteiger partial charge in [-0.25, -0.2) is 18.1 Å². The number of hydrogen-bond donors (Lipinski definition) is 1. The molecule has 0 radical (unpaired) electrons. The highest BCUT2D eigenvalue weighted by atomic mass is 32.2. The molecule has 0 saturated carbocycles. The van der Waals surface area contributed by atoms with Gasteiger partial charge in [0.15, 0.2) is 0 Å². The second-order valence-electron chi connectivity index (χ2n) is 4.70. The molecular formula is C12H18FN3O2S. The van der Waals surface area contributed by atoms with Gasteiger partial charge in [0.25, 0.3) is 0 Å². The van der Waals surface area contributed by atoms with Crippen molar-refractivity contribution >= 4 is 10.0 Å². The van der Waals surface area contributed by atoms with E-state index in [0.717, 1.165) is 13.0 Å². The van der Waals surface area contributed by atoms with E-state index in [9.17, 15) is 12.8 Å². The zero-order chi connectivity index (χ0) is 13.9. The molecule has 1 aliphatic rings. The molecule has 1 saturated heterocycles. The molecule has 1 aromatic heterocycles. The number of nitrogens with zero attached hydrogens (tertiary/aromatic N) is 2. The molecule has 0 bridgehead atoms. The third-order valence-corrected chi connectivity index (χ3v) is 5.18. The molecule has 19 heavy (non-hydrogen) atoms. The van der Waals surface area contributed by atoms with Crippen LogP contribution >= 0.6 is 0 Å². The van der Waals surface area contributed by atoms with Crippen LogP contribution in [0.3, 0.4) is 0 Å². The van der Waals surface area contributed by atoms with Crippen molar-refractivity contribution in [3.8, 4) is 0 Å². The molecule has 0 amide bonds. The zero-order valence-corrected chi connectivity index (χ0v) is 11.7. The minimum Gasteiger partial charge on any atom is -0.296 e. The molecule has 1 fully saturated rings. The number of rotatable bonds is 4. The number of aromatic nitrogens is 1. The maximum Gasteiger partial charge on any atom is 0.215 e. The molecule has 1 aliphatic heterocycles. The predicted molar refractivity (Wildman–Crippen MR) is 70.5 cm³/mol. The topological polar surface area (TPSA) is 62.3 Å². The number of piperidine rings is 1. The fraction of sp³-hybridized carbons (Fsp3) is 0.583. The predicted octanol–water partition coefficient (Wildman–Crippen LogP) is 0.734. The first-order valence-electron chi connectivity index (χ1n) is 6.27. The van der Waals surface area contributed by atoms with Crippen molar-refractivity contribution < 1.29 is 12.8 Å². The number of sulfonamides is 1. The average molecular weight is 287 g/mol. The number of halogens is 1. The molecule has 106 valence electrons. The van der Waals surface area contributed by atoms with Gasteiger partial charge in [-0.3, -0.25) is 4.90 Å². The molecule has 0 spiro atoms. The minimum atomic E-state index is -3.24. The van der Waals surface area contributed by atoms with Crippen LogP contribution in [-0.2, 0) is 16.6 Å². The summed E-state index contributed by atoms with van der Waals surface area (Å²) < 4.78 is 39.0. The Morgan fingerprint density at radius 1 is 1.53 bits per heavy atom. The summed E-state index contributed by atoms with van der Waals surface area (Å²) in [6.07, 6.45) is 1.48. The fourth-order valence-corrected chi connectivity index (χ4v) is 3.56. The first-order valence-corrected chi connectivity index (χ1v) is 7.82. The van der Waals surface area contributed by atoms with E-state index >= 15 is 0 Å². The molecule has 7 heteroatoms. The summed E-state index contributed by atoms with van der Waals surface area (Å²) in [7, 11) is -1.81. The number of pyridine rings is 1. The summed E-state index contributed by atoms with van der Waals surface area (Å²) in [6, 6.07) is 4.66. The normalized spacial score (nSPS) is 21.5. The Labute approximate surface area is 112 Å². The first-order chi connectivity index (χ1) is 9.01. The van der Waals surface area contributed by atoms with Crippen molar-refractivity contribution in [3.05, 3.63) is 29.8 Å². The van der Waals surface area contributed by atoms with Gasteiger partial charge in [0.05, 0.1) is 10.9 Å². The Bertz CT molecular complexity index is 536. The first kappa shape index (κ1) is 14.4. The molecule has 2 heterocycles. The molecule has 1 aromatic rings. The van der Waals surface area contributed by atoms with Gasteiger partial charge in [-0.1, -0.05) is 6.07 Å². The Morgan fingerprint density at radius 3 is 3.00 bits per heavy atom. The monoisotopic (exact) mass is 287 g/mol. The standard InChI is InChI=1S/C12H18FN3O2S/c1-14-19(17,18)11-5-3-7-16(9-11)8-10-4-2-6-12(13)15-10/h2,4,6,11,14H,3,5,7-9H2,1H3. The van der Waals surface area contributed by atoms with E-state index in [0.29, 0.717) is 25.2 Å². The lowest BCUT2D eigenvalue weighted by Gasteiger charge is -2.31. The van der Waals surface area contributed by atoms with Crippen LogP contribution in [0.2, 0.25) is 0 Å². The van der Waals surface area contributed by atoms with Crippen molar-refractivity contribution in [2.75, 3.05) is 20.1 Å². The van der Waals surface area contributed by atoms with Gasteiger partial charge < -0.3 is 0 Å². The number of likely N-dealkylation sites (tertiary alicyclic amines) is 1. The molecule has 1 N–H and O–H groups in total. The van der Waals surface area contributed by atoms with E-state index in [1.54, 1.807) is 12.1 Å². The summed E-state index contributed by atoms with van der Waals surface area (Å²) in [6.45, 7) is 1.75. The van der Waals surface area contributed by atoms with E-state index in [4.69, 9.17) is 0 Å². The molecular weight excluding hydrogens is 269 g/mol. The van der Waals surface area contributed by atoms with Crippen LogP contribution in [0.25, 0.3) is 0 Å². The van der Waals surface area contributed by atoms with E-state index in [1.807, 2.05) is 4.90 Å². The largest absolute Gasteiger partial charge is 0.296 e. The lowest BCUT2D eigenvalue weighted by atomic mass is 10.1. The van der Waals surface area contributed by atoms with Gasteiger partial charge in [0.2, 0.25) is 16.0 Å². The lowest BCUT2D eigenvalue weighted by Crippen LogP contribution is -2.45. The van der Waals surface area contributed by atoms with E-state index in [1.165, 1.54) is 13.1 Å². The van der Waals surface area contributed by atoms with Crippen LogP contribution in [0.4, 0.5) is 4.39 Å². The second kappa shape index (κ2) is 5.94. The zero-order valence-electron chi connectivity index (χ0n) is 10.8. The lowest BCUT2D eigenvalue weighted by molar-refractivity contribution is 0.219. The van der Waals surface area contributed by atoms with Gasteiger partial charge in [-0.2, -0.15) is 4.39 Å². The van der Waals surface area contributed by atoms with Crippen LogP contribution in [0.15, 0.2) is 18.2 Å². The van der Waals surface area contributed by atoms with Crippen LogP contribution < -0.4 is 4.72 Å². The Hall–Kier alpha value is -1.05. The second-order valence-corrected chi connectivity index (χ2v) is 6.87. The maximum atomic E-state index is 13.0. The highest BCUT2D eigenvalue weighted by molar-refractivity contribution is 7.90. The van der Waals surface area contributed by atoms with E-state index < -0.39 is 21.2 Å². The summed E-state index contributed by atoms with van der Waals surface area (Å²) in [4.78, 5) is 5.81. The van der Waals surface area contributed by atoms with Crippen molar-refractivity contribution in [1.82, 2.24) is 14.6 Å². The third-order valence-electron chi connectivity index (χ3n) is 3.34. The smallest absolute Gasteiger partial charge is 0.215 e. The quantitative estimate of drug-likeness (QED) is 0.830. The summed E-state index contributed by atoms with van der Waals surface area (Å²) in [5.41, 5.74) is 0.627. The molecule has 5 nitrogen and oxygen atoms in total. The highest BCUT2D eigenvalue weighted by Crippen LogP contribution is 2.17. The van der Waals surface area contributed by atoms with Gasteiger partial charge in [-0.05, 0) is 38.6 Å².